The molecule has 0 fully saturated rings. The number of unbranched alkanes of at least 4 members (excludes halogenated alkanes) is 1. The highest BCUT2D eigenvalue weighted by atomic mass is 16.5. The molecule has 0 aliphatic carbocycles. The predicted octanol–water partition coefficient (Wildman–Crippen LogP) is 2.62. The molecule has 0 rings (SSSR count). The van der Waals surface area contributed by atoms with Crippen molar-refractivity contribution in [3.8, 4) is 0 Å². The van der Waals surface area contributed by atoms with Crippen molar-refractivity contribution >= 4 is 11.9 Å². The van der Waals surface area contributed by atoms with E-state index in [0.717, 1.165) is 37.7 Å². The average Bonchev–Trinajstić information content (AvgIpc) is 2.33. The Kier molecular flexibility index (Phi) is 9.11. The monoisotopic (exact) mass is 242 g/mol. The van der Waals surface area contributed by atoms with E-state index in [4.69, 9.17) is 0 Å². The number of hydrogen-bond acceptors (Lipinski definition) is 4. The molecular formula is C13H22O4. The Hall–Kier alpha value is -1.32. The second kappa shape index (κ2) is 9.87. The molecule has 0 spiro atoms. The summed E-state index contributed by atoms with van der Waals surface area (Å²) in [6, 6.07) is 0. The highest BCUT2D eigenvalue weighted by Crippen LogP contribution is 2.14. The summed E-state index contributed by atoms with van der Waals surface area (Å²) in [6.45, 7) is 3.95. The van der Waals surface area contributed by atoms with Gasteiger partial charge in [0.25, 0.3) is 0 Å². The number of esters is 2. The number of methoxy groups -OCH3 is 2. The van der Waals surface area contributed by atoms with Crippen LogP contribution in [0.4, 0.5) is 0 Å². The smallest absolute Gasteiger partial charge is 0.305 e. The number of ether oxygens (including phenoxy) is 2. The van der Waals surface area contributed by atoms with E-state index in [9.17, 15) is 9.59 Å². The molecule has 0 aliphatic heterocycles. The number of carbonyl (C=O) groups excluding carboxylic acids is 2. The minimum absolute atomic E-state index is 0.165. The number of rotatable bonds is 9. The van der Waals surface area contributed by atoms with Crippen LogP contribution in [0, 0.1) is 0 Å². The van der Waals surface area contributed by atoms with Gasteiger partial charge in [0, 0.05) is 12.8 Å². The molecule has 0 N–H and O–H groups in total. The van der Waals surface area contributed by atoms with Crippen molar-refractivity contribution in [2.75, 3.05) is 14.2 Å². The van der Waals surface area contributed by atoms with Crippen molar-refractivity contribution in [1.82, 2.24) is 0 Å². The summed E-state index contributed by atoms with van der Waals surface area (Å²) in [5.41, 5.74) is 1.12. The van der Waals surface area contributed by atoms with Crippen molar-refractivity contribution < 1.29 is 19.1 Å². The van der Waals surface area contributed by atoms with Crippen LogP contribution in [0.5, 0.6) is 0 Å². The van der Waals surface area contributed by atoms with Gasteiger partial charge >= 0.3 is 11.9 Å². The summed E-state index contributed by atoms with van der Waals surface area (Å²) in [7, 11) is 2.79. The third-order valence-electron chi connectivity index (χ3n) is 2.53. The molecule has 0 atom stereocenters. The molecule has 0 aromatic heterocycles. The Morgan fingerprint density at radius 2 is 1.24 bits per heavy atom. The van der Waals surface area contributed by atoms with Crippen LogP contribution >= 0.6 is 0 Å². The summed E-state index contributed by atoms with van der Waals surface area (Å²) in [4.78, 5) is 21.7. The summed E-state index contributed by atoms with van der Waals surface area (Å²) < 4.78 is 9.10. The van der Waals surface area contributed by atoms with Gasteiger partial charge in [0.05, 0.1) is 14.2 Å². The molecule has 98 valence electrons. The van der Waals surface area contributed by atoms with Gasteiger partial charge in [-0.15, -0.1) is 0 Å². The quantitative estimate of drug-likeness (QED) is 0.354. The van der Waals surface area contributed by atoms with E-state index in [1.807, 2.05) is 0 Å². The third-order valence-corrected chi connectivity index (χ3v) is 2.53. The number of hydrogen-bond donors (Lipinski definition) is 0. The summed E-state index contributed by atoms with van der Waals surface area (Å²) in [5, 5.41) is 0. The maximum Gasteiger partial charge on any atom is 0.305 e. The lowest BCUT2D eigenvalue weighted by molar-refractivity contribution is -0.141. The largest absolute Gasteiger partial charge is 0.469 e. The van der Waals surface area contributed by atoms with Gasteiger partial charge in [-0.05, 0) is 32.1 Å². The minimum Gasteiger partial charge on any atom is -0.469 e. The zero-order chi connectivity index (χ0) is 13.1. The van der Waals surface area contributed by atoms with Crippen molar-refractivity contribution in [2.45, 2.75) is 44.9 Å². The van der Waals surface area contributed by atoms with Crippen molar-refractivity contribution in [1.29, 1.82) is 0 Å². The average molecular weight is 242 g/mol. The first-order valence-electron chi connectivity index (χ1n) is 5.90. The van der Waals surface area contributed by atoms with Gasteiger partial charge < -0.3 is 9.47 Å². The van der Waals surface area contributed by atoms with Crippen LogP contribution < -0.4 is 0 Å². The standard InChI is InChI=1S/C13H22O4/c1-11(8-6-10-13(15)17-3)7-4-5-9-12(14)16-2/h1,4-10H2,2-3H3. The van der Waals surface area contributed by atoms with E-state index in [2.05, 4.69) is 16.1 Å². The summed E-state index contributed by atoms with van der Waals surface area (Å²) >= 11 is 0. The van der Waals surface area contributed by atoms with Gasteiger partial charge in [0.2, 0.25) is 0 Å². The molecule has 4 nitrogen and oxygen atoms in total. The molecule has 0 bridgehead atoms. The molecule has 0 amide bonds. The van der Waals surface area contributed by atoms with Gasteiger partial charge in [-0.2, -0.15) is 0 Å². The maximum absolute atomic E-state index is 10.9. The van der Waals surface area contributed by atoms with Crippen LogP contribution in [-0.2, 0) is 19.1 Å². The van der Waals surface area contributed by atoms with Crippen LogP contribution in [-0.4, -0.2) is 26.2 Å². The second-order valence-electron chi connectivity index (χ2n) is 3.96. The molecule has 4 heteroatoms. The normalized spacial score (nSPS) is 9.76. The topological polar surface area (TPSA) is 52.6 Å². The first-order valence-corrected chi connectivity index (χ1v) is 5.90. The van der Waals surface area contributed by atoms with Crippen LogP contribution in [0.2, 0.25) is 0 Å². The lowest BCUT2D eigenvalue weighted by atomic mass is 10.0. The Balaban J connectivity index is 3.41. The van der Waals surface area contributed by atoms with Crippen LogP contribution in [0.1, 0.15) is 44.9 Å². The van der Waals surface area contributed by atoms with Crippen LogP contribution in [0.25, 0.3) is 0 Å². The SMILES string of the molecule is C=C(CCCCC(=O)OC)CCCC(=O)OC. The maximum atomic E-state index is 10.9. The molecule has 0 heterocycles. The summed E-state index contributed by atoms with van der Waals surface area (Å²) in [6.07, 6.45) is 5.19. The molecule has 0 unspecified atom stereocenters. The van der Waals surface area contributed by atoms with Gasteiger partial charge in [-0.25, -0.2) is 0 Å². The van der Waals surface area contributed by atoms with Crippen molar-refractivity contribution in [3.05, 3.63) is 12.2 Å². The van der Waals surface area contributed by atoms with Crippen molar-refractivity contribution in [2.24, 2.45) is 0 Å². The van der Waals surface area contributed by atoms with Crippen LogP contribution in [0.15, 0.2) is 12.2 Å². The fourth-order valence-corrected chi connectivity index (χ4v) is 1.46. The van der Waals surface area contributed by atoms with Crippen molar-refractivity contribution in [3.63, 3.8) is 0 Å². The predicted molar refractivity (Wildman–Crippen MR) is 65.5 cm³/mol. The molecule has 0 aromatic rings. The second-order valence-corrected chi connectivity index (χ2v) is 3.96. The number of allylic oxidation sites excluding steroid dienone is 1. The first kappa shape index (κ1) is 15.7. The van der Waals surface area contributed by atoms with Gasteiger partial charge in [-0.3, -0.25) is 9.59 Å². The van der Waals surface area contributed by atoms with E-state index in [1.165, 1.54) is 14.2 Å². The molecule has 0 saturated carbocycles. The molecule has 0 saturated heterocycles. The van der Waals surface area contributed by atoms with Gasteiger partial charge in [0.1, 0.15) is 0 Å². The Bertz CT molecular complexity index is 258. The molecule has 0 aromatic carbocycles. The number of carbonyl (C=O) groups is 2. The van der Waals surface area contributed by atoms with Gasteiger partial charge in [-0.1, -0.05) is 12.2 Å². The Labute approximate surface area is 103 Å². The summed E-state index contributed by atoms with van der Waals surface area (Å²) in [5.74, 6) is -0.343. The molecule has 0 radical (unpaired) electrons. The fraction of sp³-hybridized carbons (Fsp3) is 0.692. The first-order chi connectivity index (χ1) is 8.10. The van der Waals surface area contributed by atoms with E-state index in [1.54, 1.807) is 0 Å². The molecular weight excluding hydrogens is 220 g/mol. The van der Waals surface area contributed by atoms with E-state index < -0.39 is 0 Å². The lowest BCUT2D eigenvalue weighted by Gasteiger charge is -2.05. The van der Waals surface area contributed by atoms with Gasteiger partial charge in [0.15, 0.2) is 0 Å². The zero-order valence-electron chi connectivity index (χ0n) is 10.8. The van der Waals surface area contributed by atoms with E-state index in [0.29, 0.717) is 12.8 Å². The zero-order valence-corrected chi connectivity index (χ0v) is 10.8. The molecule has 17 heavy (non-hydrogen) atoms. The fourth-order valence-electron chi connectivity index (χ4n) is 1.46. The highest BCUT2D eigenvalue weighted by molar-refractivity contribution is 5.69. The minimum atomic E-state index is -0.177. The Morgan fingerprint density at radius 3 is 1.76 bits per heavy atom. The highest BCUT2D eigenvalue weighted by Gasteiger charge is 2.03. The molecule has 0 aliphatic rings. The van der Waals surface area contributed by atoms with E-state index >= 15 is 0 Å². The Morgan fingerprint density at radius 1 is 0.824 bits per heavy atom. The third kappa shape index (κ3) is 9.60. The van der Waals surface area contributed by atoms with Crippen LogP contribution in [0.3, 0.4) is 0 Å². The lowest BCUT2D eigenvalue weighted by Crippen LogP contribution is -2.00. The van der Waals surface area contributed by atoms with E-state index in [-0.39, 0.29) is 11.9 Å².